The van der Waals surface area contributed by atoms with Crippen LogP contribution in [0, 0.1) is 29.1 Å². The molecule has 1 aliphatic carbocycles. The Hall–Kier alpha value is -3.05. The first kappa shape index (κ1) is 24.1. The van der Waals surface area contributed by atoms with E-state index in [-0.39, 0.29) is 12.1 Å². The zero-order valence-corrected chi connectivity index (χ0v) is 17.9. The van der Waals surface area contributed by atoms with E-state index in [4.69, 9.17) is 9.57 Å². The number of rotatable bonds is 7. The predicted octanol–water partition coefficient (Wildman–Crippen LogP) is 4.37. The molecule has 2 aromatic carbocycles. The lowest BCUT2D eigenvalue weighted by atomic mass is 10.1. The van der Waals surface area contributed by atoms with Crippen LogP contribution in [0.2, 0.25) is 0 Å². The quantitative estimate of drug-likeness (QED) is 0.274. The first-order valence-electron chi connectivity index (χ1n) is 10.8. The predicted molar refractivity (Wildman–Crippen MR) is 108 cm³/mol. The van der Waals surface area contributed by atoms with Crippen LogP contribution in [0.4, 0.5) is 22.0 Å². The summed E-state index contributed by atoms with van der Waals surface area (Å²) in [6.45, 7) is 0.410. The zero-order chi connectivity index (χ0) is 24.4. The number of hydroxylamine groups is 1. The van der Waals surface area contributed by atoms with Crippen molar-refractivity contribution >= 4 is 11.8 Å². The highest BCUT2D eigenvalue weighted by atomic mass is 19.2. The summed E-state index contributed by atoms with van der Waals surface area (Å²) < 4.78 is 74.2. The fraction of sp³-hybridized carbons (Fsp3) is 0.391. The van der Waals surface area contributed by atoms with Gasteiger partial charge in [-0.3, -0.25) is 9.59 Å². The zero-order valence-electron chi connectivity index (χ0n) is 17.9. The Balaban J connectivity index is 1.46. The van der Waals surface area contributed by atoms with Gasteiger partial charge < -0.3 is 9.64 Å². The standard InChI is InChI=1S/C23H21F5N2O4/c24-17-16(18(25)20(27)21(28)19(17)26)23(32)30(14-8-9-14)11-12-4-6-13(7-5-12)22(31)29-34-15-3-1-2-10-33-15/h4-7,14-15H,1-3,8-11H2,(H,29,31). The molecule has 1 saturated carbocycles. The van der Waals surface area contributed by atoms with Crippen molar-refractivity contribution < 1.29 is 41.1 Å². The maximum absolute atomic E-state index is 14.2. The van der Waals surface area contributed by atoms with Crippen LogP contribution in [0.1, 0.15) is 58.4 Å². The van der Waals surface area contributed by atoms with Gasteiger partial charge in [-0.05, 0) is 43.4 Å². The topological polar surface area (TPSA) is 67.9 Å². The summed E-state index contributed by atoms with van der Waals surface area (Å²) in [6.07, 6.45) is 3.06. The first-order chi connectivity index (χ1) is 16.3. The van der Waals surface area contributed by atoms with Gasteiger partial charge in [0.1, 0.15) is 5.56 Å². The summed E-state index contributed by atoms with van der Waals surface area (Å²) in [6, 6.07) is 5.57. The van der Waals surface area contributed by atoms with Crippen molar-refractivity contribution in [3.63, 3.8) is 0 Å². The molecule has 182 valence electrons. The van der Waals surface area contributed by atoms with Gasteiger partial charge in [0.15, 0.2) is 29.6 Å². The van der Waals surface area contributed by atoms with Crippen LogP contribution in [-0.2, 0) is 16.1 Å². The lowest BCUT2D eigenvalue weighted by Crippen LogP contribution is -2.34. The molecule has 0 radical (unpaired) electrons. The third-order valence-electron chi connectivity index (χ3n) is 5.66. The Morgan fingerprint density at radius 3 is 2.09 bits per heavy atom. The van der Waals surface area contributed by atoms with E-state index in [9.17, 15) is 31.5 Å². The third-order valence-corrected chi connectivity index (χ3v) is 5.66. The minimum atomic E-state index is -2.32. The molecule has 11 heteroatoms. The lowest BCUT2D eigenvalue weighted by Gasteiger charge is -2.23. The molecule has 2 aliphatic rings. The minimum Gasteiger partial charge on any atom is -0.350 e. The molecule has 0 spiro atoms. The molecule has 2 amide bonds. The number of hydrogen-bond donors (Lipinski definition) is 1. The van der Waals surface area contributed by atoms with Gasteiger partial charge in [-0.15, -0.1) is 0 Å². The fourth-order valence-electron chi connectivity index (χ4n) is 3.63. The SMILES string of the molecule is O=C(NOC1CCCCO1)c1ccc(CN(C(=O)c2c(F)c(F)c(F)c(F)c2F)C2CC2)cc1. The second kappa shape index (κ2) is 10.1. The molecule has 1 atom stereocenters. The molecule has 0 aromatic heterocycles. The van der Waals surface area contributed by atoms with Crippen LogP contribution in [0.5, 0.6) is 0 Å². The van der Waals surface area contributed by atoms with Gasteiger partial charge in [0.2, 0.25) is 5.82 Å². The molecule has 34 heavy (non-hydrogen) atoms. The maximum Gasteiger partial charge on any atom is 0.274 e. The Morgan fingerprint density at radius 2 is 1.53 bits per heavy atom. The van der Waals surface area contributed by atoms with Crippen molar-refractivity contribution in [2.45, 2.75) is 51.0 Å². The maximum atomic E-state index is 14.2. The summed E-state index contributed by atoms with van der Waals surface area (Å²) in [5.74, 6) is -12.8. The first-order valence-corrected chi connectivity index (χ1v) is 10.8. The number of benzene rings is 2. The van der Waals surface area contributed by atoms with Crippen molar-refractivity contribution in [2.75, 3.05) is 6.61 Å². The molecule has 4 rings (SSSR count). The van der Waals surface area contributed by atoms with Crippen LogP contribution in [0.25, 0.3) is 0 Å². The van der Waals surface area contributed by atoms with Gasteiger partial charge in [0, 0.05) is 31.2 Å². The van der Waals surface area contributed by atoms with Crippen LogP contribution in [0.15, 0.2) is 24.3 Å². The van der Waals surface area contributed by atoms with Gasteiger partial charge in [0.05, 0.1) is 0 Å². The minimum absolute atomic E-state index is 0.142. The molecule has 1 saturated heterocycles. The number of carbonyl (C=O) groups excluding carboxylic acids is 2. The van der Waals surface area contributed by atoms with Gasteiger partial charge in [-0.2, -0.15) is 0 Å². The number of halogens is 5. The van der Waals surface area contributed by atoms with Crippen molar-refractivity contribution in [2.24, 2.45) is 0 Å². The lowest BCUT2D eigenvalue weighted by molar-refractivity contribution is -0.186. The van der Waals surface area contributed by atoms with Gasteiger partial charge in [-0.25, -0.2) is 32.3 Å². The largest absolute Gasteiger partial charge is 0.350 e. The van der Waals surface area contributed by atoms with Crippen LogP contribution >= 0.6 is 0 Å². The van der Waals surface area contributed by atoms with Crippen molar-refractivity contribution in [1.29, 1.82) is 0 Å². The number of amides is 2. The molecule has 1 unspecified atom stereocenters. The van der Waals surface area contributed by atoms with E-state index in [1.807, 2.05) is 0 Å². The Kier molecular flexibility index (Phi) is 7.13. The highest BCUT2D eigenvalue weighted by molar-refractivity contribution is 5.95. The van der Waals surface area contributed by atoms with Gasteiger partial charge >= 0.3 is 0 Å². The average molecular weight is 484 g/mol. The summed E-state index contributed by atoms with van der Waals surface area (Å²) in [5, 5.41) is 0. The highest BCUT2D eigenvalue weighted by Gasteiger charge is 2.38. The Bertz CT molecular complexity index is 1060. The molecule has 6 nitrogen and oxygen atoms in total. The summed E-state index contributed by atoms with van der Waals surface area (Å²) in [5.41, 5.74) is 1.58. The second-order valence-corrected chi connectivity index (χ2v) is 8.15. The van der Waals surface area contributed by atoms with Gasteiger partial charge in [0.25, 0.3) is 11.8 Å². The summed E-state index contributed by atoms with van der Waals surface area (Å²) in [7, 11) is 0. The number of ether oxygens (including phenoxy) is 1. The van der Waals surface area contributed by atoms with E-state index in [0.717, 1.165) is 17.7 Å². The number of hydrogen-bond acceptors (Lipinski definition) is 4. The third kappa shape index (κ3) is 5.05. The normalized spacial score (nSPS) is 18.0. The molecule has 1 heterocycles. The molecule has 2 fully saturated rings. The van der Waals surface area contributed by atoms with Crippen molar-refractivity contribution in [3.05, 3.63) is 70.0 Å². The van der Waals surface area contributed by atoms with E-state index in [2.05, 4.69) is 5.48 Å². The number of nitrogens with one attached hydrogen (secondary N) is 1. The molecule has 1 aliphatic heterocycles. The second-order valence-electron chi connectivity index (χ2n) is 8.15. The average Bonchev–Trinajstić information content (AvgIpc) is 3.69. The van der Waals surface area contributed by atoms with Crippen LogP contribution < -0.4 is 5.48 Å². The van der Waals surface area contributed by atoms with Crippen molar-refractivity contribution in [3.8, 4) is 0 Å². The van der Waals surface area contributed by atoms with E-state index in [0.29, 0.717) is 31.4 Å². The van der Waals surface area contributed by atoms with E-state index in [1.165, 1.54) is 24.3 Å². The molecule has 1 N–H and O–H groups in total. The smallest absolute Gasteiger partial charge is 0.274 e. The van der Waals surface area contributed by atoms with Gasteiger partial charge in [-0.1, -0.05) is 12.1 Å². The molecular weight excluding hydrogens is 463 g/mol. The number of carbonyl (C=O) groups is 2. The monoisotopic (exact) mass is 484 g/mol. The van der Waals surface area contributed by atoms with E-state index in [1.54, 1.807) is 0 Å². The summed E-state index contributed by atoms with van der Waals surface area (Å²) >= 11 is 0. The van der Waals surface area contributed by atoms with E-state index < -0.39 is 58.8 Å². The fourth-order valence-corrected chi connectivity index (χ4v) is 3.63. The molecular formula is C23H21F5N2O4. The Morgan fingerprint density at radius 1 is 0.912 bits per heavy atom. The van der Waals surface area contributed by atoms with Crippen LogP contribution in [-0.4, -0.2) is 35.7 Å². The molecule has 0 bridgehead atoms. The summed E-state index contributed by atoms with van der Waals surface area (Å²) in [4.78, 5) is 31.4. The molecule has 2 aromatic rings. The van der Waals surface area contributed by atoms with E-state index >= 15 is 0 Å². The highest BCUT2D eigenvalue weighted by Crippen LogP contribution is 2.32. The number of nitrogens with zero attached hydrogens (tertiary/aromatic N) is 1. The van der Waals surface area contributed by atoms with Crippen LogP contribution in [0.3, 0.4) is 0 Å². The van der Waals surface area contributed by atoms with Crippen molar-refractivity contribution in [1.82, 2.24) is 10.4 Å². The Labute approximate surface area is 191 Å².